The smallest absolute Gasteiger partial charge is 0.368 e. The quantitative estimate of drug-likeness (QED) is 0.692. The standard InChI is InChI=1S/C11H14F6O/c12-9(13)6-8(10(14,15)11(9,16)17)18-7-4-2-1-3-5-7/h7-8H,1-6H2. The molecule has 2 aliphatic carbocycles. The molecule has 0 saturated heterocycles. The Morgan fingerprint density at radius 2 is 1.39 bits per heavy atom. The zero-order chi connectivity index (χ0) is 13.6. The number of ether oxygens (including phenoxy) is 1. The fraction of sp³-hybridized carbons (Fsp3) is 1.00. The summed E-state index contributed by atoms with van der Waals surface area (Å²) in [5.74, 6) is -14.9. The highest BCUT2D eigenvalue weighted by molar-refractivity contribution is 5.09. The van der Waals surface area contributed by atoms with Crippen LogP contribution >= 0.6 is 0 Å². The molecular formula is C11H14F6O. The predicted octanol–water partition coefficient (Wildman–Crippen LogP) is 4.01. The summed E-state index contributed by atoms with van der Waals surface area (Å²) in [5.41, 5.74) is 0. The Morgan fingerprint density at radius 1 is 0.833 bits per heavy atom. The van der Waals surface area contributed by atoms with Gasteiger partial charge in [0.05, 0.1) is 12.5 Å². The summed E-state index contributed by atoms with van der Waals surface area (Å²) >= 11 is 0. The Kier molecular flexibility index (Phi) is 3.32. The lowest BCUT2D eigenvalue weighted by atomic mass is 9.97. The third-order valence-electron chi connectivity index (χ3n) is 3.63. The summed E-state index contributed by atoms with van der Waals surface area (Å²) in [6.07, 6.45) is -1.29. The first kappa shape index (κ1) is 14.0. The Hall–Kier alpha value is -0.460. The number of alkyl halides is 6. The number of hydrogen-bond donors (Lipinski definition) is 0. The SMILES string of the molecule is FC1(F)CC(OC2CCCCC2)C(F)(F)C1(F)F. The Bertz CT molecular complexity index is 311. The third-order valence-corrected chi connectivity index (χ3v) is 3.63. The minimum absolute atomic E-state index is 0.462. The van der Waals surface area contributed by atoms with Gasteiger partial charge >= 0.3 is 17.8 Å². The van der Waals surface area contributed by atoms with Crippen molar-refractivity contribution in [3.05, 3.63) is 0 Å². The minimum Gasteiger partial charge on any atom is -0.368 e. The van der Waals surface area contributed by atoms with Gasteiger partial charge in [-0.1, -0.05) is 19.3 Å². The van der Waals surface area contributed by atoms with Crippen molar-refractivity contribution in [2.75, 3.05) is 0 Å². The highest BCUT2D eigenvalue weighted by Crippen LogP contribution is 2.57. The van der Waals surface area contributed by atoms with Crippen molar-refractivity contribution in [2.45, 2.75) is 68.5 Å². The predicted molar refractivity (Wildman–Crippen MR) is 51.2 cm³/mol. The molecule has 0 aromatic rings. The number of rotatable bonds is 2. The van der Waals surface area contributed by atoms with Gasteiger partial charge < -0.3 is 4.74 Å². The molecule has 2 rings (SSSR count). The average Bonchev–Trinajstić information content (AvgIpc) is 2.39. The van der Waals surface area contributed by atoms with E-state index in [4.69, 9.17) is 4.74 Å². The molecule has 18 heavy (non-hydrogen) atoms. The van der Waals surface area contributed by atoms with Gasteiger partial charge in [0.25, 0.3) is 0 Å². The molecule has 2 fully saturated rings. The largest absolute Gasteiger partial charge is 0.374 e. The Balaban J connectivity index is 2.10. The van der Waals surface area contributed by atoms with E-state index in [-0.39, 0.29) is 0 Å². The lowest BCUT2D eigenvalue weighted by Crippen LogP contribution is -2.50. The first-order chi connectivity index (χ1) is 8.18. The van der Waals surface area contributed by atoms with Gasteiger partial charge in [0.1, 0.15) is 6.10 Å². The van der Waals surface area contributed by atoms with Crippen LogP contribution in [0, 0.1) is 0 Å². The summed E-state index contributed by atoms with van der Waals surface area (Å²) in [7, 11) is 0. The molecule has 2 saturated carbocycles. The summed E-state index contributed by atoms with van der Waals surface area (Å²) in [6, 6.07) is 0. The van der Waals surface area contributed by atoms with Crippen LogP contribution in [0.3, 0.4) is 0 Å². The van der Waals surface area contributed by atoms with E-state index < -0.39 is 36.4 Å². The third kappa shape index (κ3) is 2.00. The fourth-order valence-corrected chi connectivity index (χ4v) is 2.50. The van der Waals surface area contributed by atoms with Crippen LogP contribution in [0.4, 0.5) is 26.3 Å². The van der Waals surface area contributed by atoms with Crippen LogP contribution in [0.2, 0.25) is 0 Å². The maximum Gasteiger partial charge on any atom is 0.374 e. The maximum atomic E-state index is 13.3. The van der Waals surface area contributed by atoms with Gasteiger partial charge in [-0.2, -0.15) is 26.3 Å². The van der Waals surface area contributed by atoms with Crippen molar-refractivity contribution in [1.29, 1.82) is 0 Å². The molecule has 0 aliphatic heterocycles. The second-order valence-electron chi connectivity index (χ2n) is 4.99. The van der Waals surface area contributed by atoms with E-state index in [1.165, 1.54) is 0 Å². The molecule has 1 atom stereocenters. The van der Waals surface area contributed by atoms with Gasteiger partial charge in [-0.25, -0.2) is 0 Å². The molecule has 0 amide bonds. The van der Waals surface area contributed by atoms with E-state index in [9.17, 15) is 26.3 Å². The van der Waals surface area contributed by atoms with E-state index >= 15 is 0 Å². The van der Waals surface area contributed by atoms with E-state index in [0.717, 1.165) is 19.3 Å². The summed E-state index contributed by atoms with van der Waals surface area (Å²) in [5, 5.41) is 0. The topological polar surface area (TPSA) is 9.23 Å². The summed E-state index contributed by atoms with van der Waals surface area (Å²) < 4.78 is 83.1. The zero-order valence-corrected chi connectivity index (χ0v) is 9.57. The van der Waals surface area contributed by atoms with Crippen molar-refractivity contribution in [3.8, 4) is 0 Å². The van der Waals surface area contributed by atoms with E-state index in [0.29, 0.717) is 12.8 Å². The summed E-state index contributed by atoms with van der Waals surface area (Å²) in [6.45, 7) is 0. The number of hydrogen-bond acceptors (Lipinski definition) is 1. The molecule has 2 aliphatic rings. The number of halogens is 6. The monoisotopic (exact) mass is 276 g/mol. The van der Waals surface area contributed by atoms with E-state index in [1.54, 1.807) is 0 Å². The Morgan fingerprint density at radius 3 is 1.83 bits per heavy atom. The molecule has 0 aromatic carbocycles. The van der Waals surface area contributed by atoms with Crippen molar-refractivity contribution in [2.24, 2.45) is 0 Å². The first-order valence-electron chi connectivity index (χ1n) is 5.97. The lowest BCUT2D eigenvalue weighted by Gasteiger charge is -2.29. The van der Waals surface area contributed by atoms with Crippen molar-refractivity contribution < 1.29 is 31.1 Å². The average molecular weight is 276 g/mol. The molecule has 0 spiro atoms. The molecule has 0 heterocycles. The molecule has 0 bridgehead atoms. The van der Waals surface area contributed by atoms with E-state index in [1.807, 2.05) is 0 Å². The van der Waals surface area contributed by atoms with Crippen LogP contribution in [0.1, 0.15) is 38.5 Å². The minimum atomic E-state index is -5.33. The molecule has 7 heteroatoms. The molecular weight excluding hydrogens is 262 g/mol. The second-order valence-corrected chi connectivity index (χ2v) is 4.99. The molecule has 0 aromatic heterocycles. The van der Waals surface area contributed by atoms with Gasteiger partial charge in [0, 0.05) is 0 Å². The second kappa shape index (κ2) is 4.28. The highest BCUT2D eigenvalue weighted by atomic mass is 19.3. The van der Waals surface area contributed by atoms with Crippen LogP contribution in [-0.4, -0.2) is 30.0 Å². The van der Waals surface area contributed by atoms with Crippen LogP contribution < -0.4 is 0 Å². The highest BCUT2D eigenvalue weighted by Gasteiger charge is 2.81. The van der Waals surface area contributed by atoms with Crippen molar-refractivity contribution >= 4 is 0 Å². The summed E-state index contributed by atoms with van der Waals surface area (Å²) in [4.78, 5) is 0. The first-order valence-corrected chi connectivity index (χ1v) is 5.97. The molecule has 0 radical (unpaired) electrons. The molecule has 0 N–H and O–H groups in total. The van der Waals surface area contributed by atoms with Crippen LogP contribution in [-0.2, 0) is 4.74 Å². The van der Waals surface area contributed by atoms with Gasteiger partial charge in [-0.3, -0.25) is 0 Å². The van der Waals surface area contributed by atoms with Gasteiger partial charge in [0.15, 0.2) is 0 Å². The Labute approximate surface area is 100 Å². The fourth-order valence-electron chi connectivity index (χ4n) is 2.50. The van der Waals surface area contributed by atoms with Crippen LogP contribution in [0.25, 0.3) is 0 Å². The molecule has 1 unspecified atom stereocenters. The zero-order valence-electron chi connectivity index (χ0n) is 9.57. The van der Waals surface area contributed by atoms with Gasteiger partial charge in [0.2, 0.25) is 0 Å². The molecule has 106 valence electrons. The van der Waals surface area contributed by atoms with E-state index in [2.05, 4.69) is 0 Å². The van der Waals surface area contributed by atoms with Crippen LogP contribution in [0.5, 0.6) is 0 Å². The van der Waals surface area contributed by atoms with Crippen LogP contribution in [0.15, 0.2) is 0 Å². The van der Waals surface area contributed by atoms with Crippen molar-refractivity contribution in [3.63, 3.8) is 0 Å². The van der Waals surface area contributed by atoms with Crippen molar-refractivity contribution in [1.82, 2.24) is 0 Å². The molecule has 1 nitrogen and oxygen atoms in total. The lowest BCUT2D eigenvalue weighted by molar-refractivity contribution is -0.286. The van der Waals surface area contributed by atoms with Gasteiger partial charge in [-0.15, -0.1) is 0 Å². The normalized spacial score (nSPS) is 34.7. The maximum absolute atomic E-state index is 13.3. The van der Waals surface area contributed by atoms with Gasteiger partial charge in [-0.05, 0) is 12.8 Å².